The van der Waals surface area contributed by atoms with Gasteiger partial charge < -0.3 is 13.9 Å². The molecule has 2 aromatic heterocycles. The van der Waals surface area contributed by atoms with Crippen LogP contribution >= 0.6 is 0 Å². The average Bonchev–Trinajstić information content (AvgIpc) is 3.22. The van der Waals surface area contributed by atoms with E-state index in [-0.39, 0.29) is 10.8 Å². The van der Waals surface area contributed by atoms with Gasteiger partial charge >= 0.3 is 0 Å². The second-order valence-corrected chi connectivity index (χ2v) is 8.28. The van der Waals surface area contributed by atoms with Gasteiger partial charge in [-0.2, -0.15) is 0 Å². The maximum atomic E-state index is 12.9. The number of nitrogens with zero attached hydrogens (tertiary/aromatic N) is 2. The van der Waals surface area contributed by atoms with Crippen molar-refractivity contribution in [1.82, 2.24) is 14.2 Å². The molecule has 0 fully saturated rings. The Morgan fingerprint density at radius 3 is 2.67 bits per heavy atom. The zero-order chi connectivity index (χ0) is 19.8. The highest BCUT2D eigenvalue weighted by atomic mass is 32.2. The predicted octanol–water partition coefficient (Wildman–Crippen LogP) is 2.51. The van der Waals surface area contributed by atoms with Gasteiger partial charge in [0.25, 0.3) is 5.91 Å². The van der Waals surface area contributed by atoms with Crippen molar-refractivity contribution in [3.63, 3.8) is 0 Å². The monoisotopic (exact) mass is 389 g/mol. The van der Waals surface area contributed by atoms with Crippen molar-refractivity contribution in [2.75, 3.05) is 14.1 Å². The van der Waals surface area contributed by atoms with Gasteiger partial charge in [0.1, 0.15) is 21.9 Å². The van der Waals surface area contributed by atoms with E-state index >= 15 is 0 Å². The van der Waals surface area contributed by atoms with E-state index in [4.69, 9.17) is 4.42 Å². The first-order valence-electron chi connectivity index (χ1n) is 8.63. The standard InChI is InChI=1S/C19H23N3O4S/c1-5-17-15(14-8-6-7-9-18(14)26-17)12-22(4)19(23)16-10-13(11-21(16)3)27(24,25)20-2/h6-11,20H,5,12H2,1-4H3. The number of aromatic nitrogens is 1. The highest BCUT2D eigenvalue weighted by molar-refractivity contribution is 7.89. The molecule has 2 heterocycles. The molecule has 0 radical (unpaired) electrons. The smallest absolute Gasteiger partial charge is 0.270 e. The summed E-state index contributed by atoms with van der Waals surface area (Å²) < 4.78 is 33.6. The van der Waals surface area contributed by atoms with Gasteiger partial charge in [0.2, 0.25) is 10.0 Å². The third-order valence-corrected chi connectivity index (χ3v) is 6.00. The molecule has 0 saturated carbocycles. The quantitative estimate of drug-likeness (QED) is 0.702. The highest BCUT2D eigenvalue weighted by Crippen LogP contribution is 2.27. The molecule has 27 heavy (non-hydrogen) atoms. The van der Waals surface area contributed by atoms with E-state index in [1.807, 2.05) is 31.2 Å². The number of nitrogens with one attached hydrogen (secondary N) is 1. The van der Waals surface area contributed by atoms with Crippen LogP contribution in [0.4, 0.5) is 0 Å². The predicted molar refractivity (Wildman–Crippen MR) is 103 cm³/mol. The molecule has 0 aliphatic carbocycles. The van der Waals surface area contributed by atoms with Crippen LogP contribution in [0.1, 0.15) is 28.7 Å². The first kappa shape index (κ1) is 19.2. The minimum atomic E-state index is -3.61. The van der Waals surface area contributed by atoms with Crippen LogP contribution in [-0.4, -0.2) is 37.9 Å². The highest BCUT2D eigenvalue weighted by Gasteiger charge is 2.23. The molecule has 1 amide bonds. The Labute approximate surface area is 158 Å². The molecule has 144 valence electrons. The summed E-state index contributed by atoms with van der Waals surface area (Å²) in [7, 11) is 1.08. The molecule has 0 aliphatic rings. The van der Waals surface area contributed by atoms with Crippen molar-refractivity contribution < 1.29 is 17.6 Å². The molecule has 3 rings (SSSR count). The number of rotatable bonds is 6. The van der Waals surface area contributed by atoms with Gasteiger partial charge in [-0.3, -0.25) is 4.79 Å². The maximum Gasteiger partial charge on any atom is 0.270 e. The van der Waals surface area contributed by atoms with Gasteiger partial charge in [-0.15, -0.1) is 0 Å². The molecule has 0 spiro atoms. The summed E-state index contributed by atoms with van der Waals surface area (Å²) in [4.78, 5) is 14.5. The molecule has 1 aromatic carbocycles. The van der Waals surface area contributed by atoms with Crippen LogP contribution < -0.4 is 4.72 Å². The lowest BCUT2D eigenvalue weighted by atomic mass is 10.1. The average molecular weight is 389 g/mol. The summed E-state index contributed by atoms with van der Waals surface area (Å²) >= 11 is 0. The Balaban J connectivity index is 1.92. The summed E-state index contributed by atoms with van der Waals surface area (Å²) in [5, 5.41) is 0.985. The molecular weight excluding hydrogens is 366 g/mol. The van der Waals surface area contributed by atoms with Crippen LogP contribution in [0, 0.1) is 0 Å². The summed E-state index contributed by atoms with van der Waals surface area (Å²) in [5.41, 5.74) is 2.07. The third-order valence-electron chi connectivity index (χ3n) is 4.62. The molecule has 0 bridgehead atoms. The number of carbonyl (C=O) groups excluding carboxylic acids is 1. The second-order valence-electron chi connectivity index (χ2n) is 6.39. The topological polar surface area (TPSA) is 84.6 Å². The SMILES string of the molecule is CCc1oc2ccccc2c1CN(C)C(=O)c1cc(S(=O)(=O)NC)cn1C. The lowest BCUT2D eigenvalue weighted by Gasteiger charge is -2.17. The van der Waals surface area contributed by atoms with Gasteiger partial charge in [0.05, 0.1) is 0 Å². The van der Waals surface area contributed by atoms with Crippen molar-refractivity contribution in [1.29, 1.82) is 0 Å². The summed E-state index contributed by atoms with van der Waals surface area (Å²) in [6, 6.07) is 9.13. The number of hydrogen-bond donors (Lipinski definition) is 1. The van der Waals surface area contributed by atoms with Crippen molar-refractivity contribution >= 4 is 26.9 Å². The van der Waals surface area contributed by atoms with E-state index < -0.39 is 10.0 Å². The van der Waals surface area contributed by atoms with Crippen LogP contribution in [0.15, 0.2) is 45.8 Å². The van der Waals surface area contributed by atoms with Gasteiger partial charge in [-0.05, 0) is 19.2 Å². The third kappa shape index (κ3) is 3.50. The van der Waals surface area contributed by atoms with E-state index in [1.165, 1.54) is 23.9 Å². The molecule has 7 nitrogen and oxygen atoms in total. The number of furan rings is 1. The van der Waals surface area contributed by atoms with E-state index in [1.54, 1.807) is 19.0 Å². The molecule has 0 unspecified atom stereocenters. The minimum absolute atomic E-state index is 0.0623. The van der Waals surface area contributed by atoms with Crippen LogP contribution in [0.25, 0.3) is 11.0 Å². The number of para-hydroxylation sites is 1. The fourth-order valence-electron chi connectivity index (χ4n) is 3.12. The fourth-order valence-corrected chi connectivity index (χ4v) is 3.92. The maximum absolute atomic E-state index is 12.9. The van der Waals surface area contributed by atoms with E-state index in [2.05, 4.69) is 4.72 Å². The van der Waals surface area contributed by atoms with Crippen molar-refractivity contribution in [2.24, 2.45) is 7.05 Å². The molecule has 1 N–H and O–H groups in total. The zero-order valence-corrected chi connectivity index (χ0v) is 16.6. The first-order valence-corrected chi connectivity index (χ1v) is 10.1. The molecule has 0 saturated heterocycles. The Morgan fingerprint density at radius 2 is 2.00 bits per heavy atom. The number of benzene rings is 1. The largest absolute Gasteiger partial charge is 0.461 e. The second kappa shape index (κ2) is 7.21. The number of sulfonamides is 1. The van der Waals surface area contributed by atoms with Crippen molar-refractivity contribution in [3.8, 4) is 0 Å². The normalized spacial score (nSPS) is 11.9. The number of carbonyl (C=O) groups is 1. The number of aryl methyl sites for hydroxylation is 2. The van der Waals surface area contributed by atoms with Crippen LogP contribution in [-0.2, 0) is 30.0 Å². The van der Waals surface area contributed by atoms with Gasteiger partial charge in [0.15, 0.2) is 0 Å². The fraction of sp³-hybridized carbons (Fsp3) is 0.316. The van der Waals surface area contributed by atoms with Crippen molar-refractivity contribution in [3.05, 3.63) is 53.5 Å². The van der Waals surface area contributed by atoms with Gasteiger partial charge in [-0.25, -0.2) is 13.1 Å². The number of fused-ring (bicyclic) bond motifs is 1. The Kier molecular flexibility index (Phi) is 5.12. The Morgan fingerprint density at radius 1 is 1.30 bits per heavy atom. The number of amides is 1. The van der Waals surface area contributed by atoms with Gasteiger partial charge in [0, 0.05) is 44.2 Å². The van der Waals surface area contributed by atoms with Crippen molar-refractivity contribution in [2.45, 2.75) is 24.8 Å². The summed E-state index contributed by atoms with van der Waals surface area (Å²) in [6.07, 6.45) is 2.15. The van der Waals surface area contributed by atoms with E-state index in [0.717, 1.165) is 28.7 Å². The molecule has 8 heteroatoms. The first-order chi connectivity index (χ1) is 12.8. The van der Waals surface area contributed by atoms with E-state index in [9.17, 15) is 13.2 Å². The molecular formula is C19H23N3O4S. The van der Waals surface area contributed by atoms with E-state index in [0.29, 0.717) is 12.2 Å². The minimum Gasteiger partial charge on any atom is -0.461 e. The molecule has 0 atom stereocenters. The lowest BCUT2D eigenvalue weighted by Crippen LogP contribution is -2.28. The summed E-state index contributed by atoms with van der Waals surface area (Å²) in [5.74, 6) is 0.587. The van der Waals surface area contributed by atoms with Crippen LogP contribution in [0.5, 0.6) is 0 Å². The molecule has 0 aliphatic heterocycles. The zero-order valence-electron chi connectivity index (χ0n) is 15.8. The Hall–Kier alpha value is -2.58. The summed E-state index contributed by atoms with van der Waals surface area (Å²) in [6.45, 7) is 2.38. The Bertz CT molecular complexity index is 1100. The van der Waals surface area contributed by atoms with Crippen LogP contribution in [0.2, 0.25) is 0 Å². The van der Waals surface area contributed by atoms with Crippen LogP contribution in [0.3, 0.4) is 0 Å². The lowest BCUT2D eigenvalue weighted by molar-refractivity contribution is 0.0775. The van der Waals surface area contributed by atoms with Gasteiger partial charge in [-0.1, -0.05) is 25.1 Å². The molecule has 3 aromatic rings. The number of hydrogen-bond acceptors (Lipinski definition) is 4.